The van der Waals surface area contributed by atoms with Crippen molar-refractivity contribution < 1.29 is 0 Å². The molecule has 0 amide bonds. The van der Waals surface area contributed by atoms with Crippen molar-refractivity contribution >= 4 is 22.0 Å². The van der Waals surface area contributed by atoms with E-state index in [-0.39, 0.29) is 0 Å². The van der Waals surface area contributed by atoms with Gasteiger partial charge in [-0.05, 0) is 0 Å². The van der Waals surface area contributed by atoms with Crippen LogP contribution in [0.3, 0.4) is 0 Å². The van der Waals surface area contributed by atoms with Crippen molar-refractivity contribution in [3.63, 3.8) is 0 Å². The Bertz CT molecular complexity index is 759. The van der Waals surface area contributed by atoms with Crippen LogP contribution < -0.4 is 3.58 Å². The quantitative estimate of drug-likeness (QED) is 0.0470. The topological polar surface area (TPSA) is 12.9 Å². The summed E-state index contributed by atoms with van der Waals surface area (Å²) in [7, 11) is 0. The molecule has 0 saturated carbocycles. The molecule has 0 saturated heterocycles. The van der Waals surface area contributed by atoms with Gasteiger partial charge in [0.25, 0.3) is 0 Å². The fourth-order valence-corrected chi connectivity index (χ4v) is 24.5. The fraction of sp³-hybridized carbons (Fsp3) is 0.906. The molecular weight excluding hydrogens is 769 g/mol. The zero-order chi connectivity index (χ0) is 39.4. The Hall–Kier alpha value is -0.0513. The van der Waals surface area contributed by atoms with Crippen LogP contribution >= 0.6 is 0 Å². The normalized spacial score (nSPS) is 11.9. The molecule has 1 aromatic rings. The maximum atomic E-state index is 4.51. The summed E-state index contributed by atoms with van der Waals surface area (Å²) in [6.45, 7) is 6.97. The average molecular weight is 873 g/mol. The van der Waals surface area contributed by atoms with Crippen LogP contribution in [0.5, 0.6) is 0 Å². The molecule has 2 heteroatoms. The van der Waals surface area contributed by atoms with Gasteiger partial charge in [0.15, 0.2) is 0 Å². The summed E-state index contributed by atoms with van der Waals surface area (Å²) in [5.41, 5.74) is 0. The molecule has 0 spiro atoms. The summed E-state index contributed by atoms with van der Waals surface area (Å²) >= 11 is -2.49. The Morgan fingerprint density at radius 1 is 0.273 bits per heavy atom. The van der Waals surface area contributed by atoms with Crippen LogP contribution in [-0.4, -0.2) is 23.4 Å². The molecule has 0 aromatic carbocycles. The number of unbranched alkanes of at least 4 members (excludes halogenated alkanes) is 39. The molecule has 0 fully saturated rings. The first kappa shape index (κ1) is 53.0. The minimum absolute atomic E-state index is 1.37. The molecule has 0 unspecified atom stereocenters. The number of hydrogen-bond acceptors (Lipinski definition) is 1. The van der Waals surface area contributed by atoms with Gasteiger partial charge >= 0.3 is 277 Å². The maximum absolute atomic E-state index is 4.51. The molecule has 1 rings (SSSR count). The van der Waals surface area contributed by atoms with E-state index in [9.17, 15) is 0 Å². The molecule has 0 aliphatic carbocycles. The molecule has 1 nitrogen and oxygen atoms in total. The third kappa shape index (κ3) is 34.5. The van der Waals surface area contributed by atoms with E-state index in [1.807, 2.05) is 3.58 Å². The Labute approximate surface area is 353 Å². The van der Waals surface area contributed by atoms with E-state index in [1.54, 1.807) is 13.3 Å². The minimum atomic E-state index is -2.49. The molecular formula is C53H103NSn. The standard InChI is InChI=1S/3C16H33.C5H4N.Sn/c3*1-3-5-7-9-11-13-15-16-14-12-10-8-6-4-2;1-2-4-6-5-3-1;/h3*1,3-16H2,2H3;2-5H;. The molecule has 0 N–H and O–H groups in total. The first-order valence-corrected chi connectivity index (χ1v) is 33.7. The second-order valence-electron chi connectivity index (χ2n) is 18.6. The van der Waals surface area contributed by atoms with Crippen LogP contribution in [0.1, 0.15) is 290 Å². The van der Waals surface area contributed by atoms with Gasteiger partial charge in [0.05, 0.1) is 0 Å². The zero-order valence-electron chi connectivity index (χ0n) is 38.6. The molecule has 0 bridgehead atoms. The van der Waals surface area contributed by atoms with E-state index < -0.39 is 18.4 Å². The molecule has 0 aliphatic rings. The third-order valence-electron chi connectivity index (χ3n) is 13.3. The Kier molecular flexibility index (Phi) is 41.9. The molecule has 55 heavy (non-hydrogen) atoms. The second kappa shape index (κ2) is 43.5. The van der Waals surface area contributed by atoms with E-state index in [1.165, 1.54) is 270 Å². The first-order valence-electron chi connectivity index (χ1n) is 26.2. The molecule has 324 valence electrons. The van der Waals surface area contributed by atoms with Gasteiger partial charge in [0.2, 0.25) is 0 Å². The van der Waals surface area contributed by atoms with Gasteiger partial charge in [-0.3, -0.25) is 0 Å². The van der Waals surface area contributed by atoms with Crippen molar-refractivity contribution in [2.45, 2.75) is 304 Å². The van der Waals surface area contributed by atoms with Crippen molar-refractivity contribution in [1.29, 1.82) is 0 Å². The van der Waals surface area contributed by atoms with E-state index >= 15 is 0 Å². The Morgan fingerprint density at radius 2 is 0.455 bits per heavy atom. The van der Waals surface area contributed by atoms with Crippen LogP contribution in [0.25, 0.3) is 0 Å². The molecule has 0 aliphatic heterocycles. The van der Waals surface area contributed by atoms with Gasteiger partial charge in [0, 0.05) is 0 Å². The second-order valence-corrected chi connectivity index (χ2v) is 31.8. The fourth-order valence-electron chi connectivity index (χ4n) is 9.49. The van der Waals surface area contributed by atoms with E-state index in [0.717, 1.165) is 0 Å². The SMILES string of the molecule is CCCCCCCCCCCCCCC[CH2][Sn]([CH2]CCCCCCCCCCCCCCC)([CH2]CCCCCCCCCCCCCCC)[c]1ccncc1. The number of rotatable bonds is 46. The number of nitrogens with zero attached hydrogens (tertiary/aromatic N) is 1. The van der Waals surface area contributed by atoms with Crippen molar-refractivity contribution in [2.75, 3.05) is 0 Å². The Morgan fingerprint density at radius 3 is 0.655 bits per heavy atom. The first-order chi connectivity index (χ1) is 27.3. The summed E-state index contributed by atoms with van der Waals surface area (Å²) in [6.07, 6.45) is 66.0. The molecule has 1 aromatic heterocycles. The van der Waals surface area contributed by atoms with Crippen molar-refractivity contribution in [1.82, 2.24) is 4.98 Å². The summed E-state index contributed by atoms with van der Waals surface area (Å²) in [5.74, 6) is 0. The summed E-state index contributed by atoms with van der Waals surface area (Å²) in [4.78, 5) is 4.51. The predicted molar refractivity (Wildman–Crippen MR) is 255 cm³/mol. The van der Waals surface area contributed by atoms with Crippen LogP contribution in [0.4, 0.5) is 0 Å². The van der Waals surface area contributed by atoms with Gasteiger partial charge in [-0.25, -0.2) is 0 Å². The summed E-state index contributed by atoms with van der Waals surface area (Å²) in [6, 6.07) is 4.99. The number of hydrogen-bond donors (Lipinski definition) is 0. The van der Waals surface area contributed by atoms with Crippen LogP contribution in [-0.2, 0) is 0 Å². The Balaban J connectivity index is 2.46. The van der Waals surface area contributed by atoms with Gasteiger partial charge in [0.1, 0.15) is 0 Å². The van der Waals surface area contributed by atoms with Crippen molar-refractivity contribution in [3.05, 3.63) is 24.5 Å². The summed E-state index contributed by atoms with van der Waals surface area (Å²) in [5, 5.41) is 0. The van der Waals surface area contributed by atoms with Crippen LogP contribution in [0.2, 0.25) is 13.3 Å². The van der Waals surface area contributed by atoms with Gasteiger partial charge < -0.3 is 0 Å². The molecule has 0 atom stereocenters. The van der Waals surface area contributed by atoms with Crippen LogP contribution in [0, 0.1) is 0 Å². The summed E-state index contributed by atoms with van der Waals surface area (Å²) < 4.78 is 6.64. The van der Waals surface area contributed by atoms with Gasteiger partial charge in [-0.2, -0.15) is 0 Å². The van der Waals surface area contributed by atoms with Crippen LogP contribution in [0.15, 0.2) is 24.5 Å². The molecule has 1 heterocycles. The van der Waals surface area contributed by atoms with Gasteiger partial charge in [-0.15, -0.1) is 0 Å². The van der Waals surface area contributed by atoms with E-state index in [0.29, 0.717) is 0 Å². The number of aromatic nitrogens is 1. The van der Waals surface area contributed by atoms with Gasteiger partial charge in [-0.1, -0.05) is 78.6 Å². The molecule has 0 radical (unpaired) electrons. The van der Waals surface area contributed by atoms with E-state index in [4.69, 9.17) is 0 Å². The van der Waals surface area contributed by atoms with Crippen molar-refractivity contribution in [3.8, 4) is 0 Å². The van der Waals surface area contributed by atoms with E-state index in [2.05, 4.69) is 50.3 Å². The van der Waals surface area contributed by atoms with Crippen molar-refractivity contribution in [2.24, 2.45) is 0 Å². The number of pyridine rings is 1. The third-order valence-corrected chi connectivity index (χ3v) is 29.0. The monoisotopic (exact) mass is 874 g/mol. The zero-order valence-corrected chi connectivity index (χ0v) is 41.4. The average Bonchev–Trinajstić information content (AvgIpc) is 3.21. The predicted octanol–water partition coefficient (Wildman–Crippen LogP) is 19.2.